The molecule has 0 saturated carbocycles. The molecule has 0 bridgehead atoms. The van der Waals surface area contributed by atoms with Gasteiger partial charge in [0.05, 0.1) is 7.11 Å². The molecule has 6 heteroatoms. The number of hydrogen-bond donors (Lipinski definition) is 0. The van der Waals surface area contributed by atoms with Crippen molar-refractivity contribution in [2.75, 3.05) is 26.7 Å². The van der Waals surface area contributed by atoms with E-state index in [-0.39, 0.29) is 17.0 Å². The van der Waals surface area contributed by atoms with Crippen molar-refractivity contribution in [3.63, 3.8) is 0 Å². The van der Waals surface area contributed by atoms with Crippen LogP contribution < -0.4 is 4.74 Å². The highest BCUT2D eigenvalue weighted by Crippen LogP contribution is 2.31. The summed E-state index contributed by atoms with van der Waals surface area (Å²) < 4.78 is 33.9. The van der Waals surface area contributed by atoms with Gasteiger partial charge in [-0.3, -0.25) is 4.90 Å². The summed E-state index contributed by atoms with van der Waals surface area (Å²) in [7, 11) is -2.10. The van der Waals surface area contributed by atoms with E-state index in [1.807, 2.05) is 26.0 Å². The van der Waals surface area contributed by atoms with Crippen LogP contribution in [0.15, 0.2) is 47.4 Å². The number of aryl methyl sites for hydroxylation is 2. The third-order valence-electron chi connectivity index (χ3n) is 5.97. The molecule has 0 aromatic heterocycles. The fraction of sp³-hybridized carbons (Fsp3) is 0.478. The molecule has 29 heavy (non-hydrogen) atoms. The first-order valence-electron chi connectivity index (χ1n) is 10.2. The van der Waals surface area contributed by atoms with Crippen LogP contribution in [0.2, 0.25) is 0 Å². The minimum absolute atomic E-state index is 0.148. The standard InChI is InChI=1S/C23H32N2O3S/c1-17-13-22(28-5)23(14-18(17)2)29(26,27)24-15-19(3)25(20(4)16-24)12-11-21-9-7-6-8-10-21/h6-10,13-14,19-20H,11-12,15-16H2,1-5H3. The molecule has 1 aliphatic heterocycles. The Kier molecular flexibility index (Phi) is 6.66. The Balaban J connectivity index is 1.77. The molecule has 2 unspecified atom stereocenters. The van der Waals surface area contributed by atoms with Crippen molar-refractivity contribution in [2.45, 2.75) is 51.1 Å². The van der Waals surface area contributed by atoms with E-state index in [4.69, 9.17) is 4.74 Å². The van der Waals surface area contributed by atoms with Gasteiger partial charge in [-0.15, -0.1) is 0 Å². The lowest BCUT2D eigenvalue weighted by Crippen LogP contribution is -2.58. The smallest absolute Gasteiger partial charge is 0.246 e. The summed E-state index contributed by atoms with van der Waals surface area (Å²) >= 11 is 0. The molecule has 1 aliphatic rings. The molecule has 0 N–H and O–H groups in total. The lowest BCUT2D eigenvalue weighted by atomic mass is 10.1. The topological polar surface area (TPSA) is 49.9 Å². The van der Waals surface area contributed by atoms with E-state index in [2.05, 4.69) is 43.0 Å². The van der Waals surface area contributed by atoms with Gasteiger partial charge in [-0.05, 0) is 62.9 Å². The van der Waals surface area contributed by atoms with Crippen molar-refractivity contribution >= 4 is 10.0 Å². The first kappa shape index (κ1) is 21.8. The molecule has 0 spiro atoms. The number of rotatable bonds is 6. The van der Waals surface area contributed by atoms with Crippen LogP contribution in [0, 0.1) is 13.8 Å². The summed E-state index contributed by atoms with van der Waals surface area (Å²) in [5.41, 5.74) is 3.28. The maximum absolute atomic E-state index is 13.4. The molecule has 3 rings (SSSR count). The monoisotopic (exact) mass is 416 g/mol. The third-order valence-corrected chi connectivity index (χ3v) is 7.82. The Hall–Kier alpha value is -1.89. The molecule has 158 valence electrons. The highest BCUT2D eigenvalue weighted by Gasteiger charge is 2.37. The molecule has 0 radical (unpaired) electrons. The lowest BCUT2D eigenvalue weighted by Gasteiger charge is -2.44. The molecule has 0 amide bonds. The van der Waals surface area contributed by atoms with Gasteiger partial charge < -0.3 is 4.74 Å². The second kappa shape index (κ2) is 8.86. The Bertz CT molecular complexity index is 932. The van der Waals surface area contributed by atoms with E-state index < -0.39 is 10.0 Å². The lowest BCUT2D eigenvalue weighted by molar-refractivity contribution is 0.0783. The van der Waals surface area contributed by atoms with Gasteiger partial charge in [-0.25, -0.2) is 8.42 Å². The van der Waals surface area contributed by atoms with Gasteiger partial charge in [0.25, 0.3) is 0 Å². The summed E-state index contributed by atoms with van der Waals surface area (Å²) in [5.74, 6) is 0.417. The van der Waals surface area contributed by atoms with E-state index >= 15 is 0 Å². The van der Waals surface area contributed by atoms with Gasteiger partial charge in [0.2, 0.25) is 10.0 Å². The molecule has 2 aromatic carbocycles. The molecule has 0 aliphatic carbocycles. The predicted molar refractivity (Wildman–Crippen MR) is 117 cm³/mol. The van der Waals surface area contributed by atoms with Crippen molar-refractivity contribution in [1.82, 2.24) is 9.21 Å². The SMILES string of the molecule is COc1cc(C)c(C)cc1S(=O)(=O)N1CC(C)N(CCc2ccccc2)C(C)C1. The minimum Gasteiger partial charge on any atom is -0.495 e. The van der Waals surface area contributed by atoms with Crippen LogP contribution in [0.4, 0.5) is 0 Å². The van der Waals surface area contributed by atoms with Gasteiger partial charge in [-0.2, -0.15) is 4.31 Å². The summed E-state index contributed by atoms with van der Waals surface area (Å²) in [6, 6.07) is 14.3. The largest absolute Gasteiger partial charge is 0.495 e. The highest BCUT2D eigenvalue weighted by molar-refractivity contribution is 7.89. The number of hydrogen-bond acceptors (Lipinski definition) is 4. The normalized spacial score (nSPS) is 21.3. The van der Waals surface area contributed by atoms with Crippen LogP contribution in [-0.2, 0) is 16.4 Å². The number of sulfonamides is 1. The van der Waals surface area contributed by atoms with Crippen LogP contribution >= 0.6 is 0 Å². The summed E-state index contributed by atoms with van der Waals surface area (Å²) in [6.45, 7) is 10.0. The van der Waals surface area contributed by atoms with Gasteiger partial charge in [0.15, 0.2) is 0 Å². The van der Waals surface area contributed by atoms with Crippen LogP contribution in [0.1, 0.15) is 30.5 Å². The predicted octanol–water partition coefficient (Wildman–Crippen LogP) is 3.64. The fourth-order valence-corrected chi connectivity index (χ4v) is 5.94. The minimum atomic E-state index is -3.62. The second-order valence-corrected chi connectivity index (χ2v) is 9.99. The van der Waals surface area contributed by atoms with Crippen LogP contribution in [0.25, 0.3) is 0 Å². The Morgan fingerprint density at radius 2 is 1.59 bits per heavy atom. The van der Waals surface area contributed by atoms with Crippen LogP contribution in [-0.4, -0.2) is 56.5 Å². The number of piperazine rings is 1. The molecule has 1 fully saturated rings. The van der Waals surface area contributed by atoms with Crippen molar-refractivity contribution in [3.05, 3.63) is 59.2 Å². The zero-order valence-electron chi connectivity index (χ0n) is 18.1. The molecule has 2 atom stereocenters. The van der Waals surface area contributed by atoms with Gasteiger partial charge in [0, 0.05) is 31.7 Å². The molecule has 5 nitrogen and oxygen atoms in total. The van der Waals surface area contributed by atoms with Gasteiger partial charge >= 0.3 is 0 Å². The van der Waals surface area contributed by atoms with E-state index in [1.54, 1.807) is 10.4 Å². The number of benzene rings is 2. The summed E-state index contributed by atoms with van der Waals surface area (Å²) in [6.07, 6.45) is 0.966. The molecule has 1 saturated heterocycles. The van der Waals surface area contributed by atoms with E-state index in [9.17, 15) is 8.42 Å². The van der Waals surface area contributed by atoms with Crippen LogP contribution in [0.3, 0.4) is 0 Å². The van der Waals surface area contributed by atoms with Crippen molar-refractivity contribution in [3.8, 4) is 5.75 Å². The van der Waals surface area contributed by atoms with E-state index in [0.29, 0.717) is 18.8 Å². The van der Waals surface area contributed by atoms with Crippen molar-refractivity contribution in [1.29, 1.82) is 0 Å². The van der Waals surface area contributed by atoms with Gasteiger partial charge in [0.1, 0.15) is 10.6 Å². The Morgan fingerprint density at radius 1 is 1.00 bits per heavy atom. The first-order valence-corrected chi connectivity index (χ1v) is 11.6. The maximum Gasteiger partial charge on any atom is 0.246 e. The number of methoxy groups -OCH3 is 1. The average Bonchev–Trinajstić information content (AvgIpc) is 2.69. The Labute approximate surface area is 175 Å². The van der Waals surface area contributed by atoms with Gasteiger partial charge in [-0.1, -0.05) is 30.3 Å². The summed E-state index contributed by atoms with van der Waals surface area (Å²) in [5, 5.41) is 0. The van der Waals surface area contributed by atoms with Crippen molar-refractivity contribution in [2.24, 2.45) is 0 Å². The molecular weight excluding hydrogens is 384 g/mol. The highest BCUT2D eigenvalue weighted by atomic mass is 32.2. The fourth-order valence-electron chi connectivity index (χ4n) is 4.11. The second-order valence-electron chi connectivity index (χ2n) is 8.08. The quantitative estimate of drug-likeness (QED) is 0.721. The molecule has 2 aromatic rings. The van der Waals surface area contributed by atoms with E-state index in [0.717, 1.165) is 24.1 Å². The number of ether oxygens (including phenoxy) is 1. The maximum atomic E-state index is 13.4. The third kappa shape index (κ3) is 4.65. The average molecular weight is 417 g/mol. The first-order chi connectivity index (χ1) is 13.7. The zero-order valence-corrected chi connectivity index (χ0v) is 18.9. The van der Waals surface area contributed by atoms with E-state index in [1.165, 1.54) is 12.7 Å². The van der Waals surface area contributed by atoms with Crippen LogP contribution in [0.5, 0.6) is 5.75 Å². The molecular formula is C23H32N2O3S. The molecule has 1 heterocycles. The zero-order chi connectivity index (χ0) is 21.2. The number of nitrogens with zero attached hydrogens (tertiary/aromatic N) is 2. The van der Waals surface area contributed by atoms with Crippen molar-refractivity contribution < 1.29 is 13.2 Å². The Morgan fingerprint density at radius 3 is 2.17 bits per heavy atom. The summed E-state index contributed by atoms with van der Waals surface area (Å²) in [4.78, 5) is 2.68.